The minimum absolute atomic E-state index is 0.0450. The summed E-state index contributed by atoms with van der Waals surface area (Å²) in [5.74, 6) is 0. The number of urea groups is 1. The first-order valence-electron chi connectivity index (χ1n) is 9.10. The van der Waals surface area contributed by atoms with E-state index in [-0.39, 0.29) is 11.4 Å². The summed E-state index contributed by atoms with van der Waals surface area (Å²) in [4.78, 5) is 19.8. The Labute approximate surface area is 162 Å². The van der Waals surface area contributed by atoms with Crippen molar-refractivity contribution in [2.24, 2.45) is 5.41 Å². The van der Waals surface area contributed by atoms with Gasteiger partial charge in [0.15, 0.2) is 0 Å². The van der Waals surface area contributed by atoms with Crippen LogP contribution in [0.5, 0.6) is 0 Å². The molecule has 0 radical (unpaired) electrons. The largest absolute Gasteiger partial charge is 0.337 e. The second kappa shape index (κ2) is 7.52. The van der Waals surface area contributed by atoms with Crippen molar-refractivity contribution in [2.75, 3.05) is 13.6 Å². The Morgan fingerprint density at radius 1 is 1.30 bits per heavy atom. The number of carbonyl (C=O) groups excluding carboxylic acids is 1. The normalized spacial score (nSPS) is 14.7. The summed E-state index contributed by atoms with van der Waals surface area (Å²) in [6.45, 7) is 2.11. The summed E-state index contributed by atoms with van der Waals surface area (Å²) in [6, 6.07) is 12.0. The molecule has 2 amide bonds. The fourth-order valence-electron chi connectivity index (χ4n) is 3.10. The van der Waals surface area contributed by atoms with Gasteiger partial charge in [-0.3, -0.25) is 4.68 Å². The van der Waals surface area contributed by atoms with E-state index in [1.165, 1.54) is 0 Å². The van der Waals surface area contributed by atoms with E-state index in [4.69, 9.17) is 0 Å². The van der Waals surface area contributed by atoms with E-state index in [1.807, 2.05) is 60.5 Å². The third-order valence-corrected chi connectivity index (χ3v) is 5.97. The molecule has 1 fully saturated rings. The van der Waals surface area contributed by atoms with E-state index in [0.29, 0.717) is 13.1 Å². The summed E-state index contributed by atoms with van der Waals surface area (Å²) in [7, 11) is 1.82. The molecule has 0 spiro atoms. The Morgan fingerprint density at radius 2 is 2.11 bits per heavy atom. The van der Waals surface area contributed by atoms with Gasteiger partial charge in [0.1, 0.15) is 5.01 Å². The molecular formula is C20H23N5OS. The minimum Gasteiger partial charge on any atom is -0.337 e. The van der Waals surface area contributed by atoms with Crippen LogP contribution in [-0.2, 0) is 13.1 Å². The number of hydrogen-bond acceptors (Lipinski definition) is 4. The van der Waals surface area contributed by atoms with Crippen LogP contribution in [0.1, 0.15) is 17.7 Å². The summed E-state index contributed by atoms with van der Waals surface area (Å²) >= 11 is 1.63. The Balaban J connectivity index is 1.29. The molecule has 1 aliphatic rings. The lowest BCUT2D eigenvalue weighted by Crippen LogP contribution is -2.40. The molecule has 1 aromatic carbocycles. The van der Waals surface area contributed by atoms with Crippen LogP contribution in [0.3, 0.4) is 0 Å². The predicted octanol–water partition coefficient (Wildman–Crippen LogP) is 3.63. The van der Waals surface area contributed by atoms with Crippen molar-refractivity contribution < 1.29 is 4.79 Å². The van der Waals surface area contributed by atoms with Crippen LogP contribution in [0.2, 0.25) is 0 Å². The lowest BCUT2D eigenvalue weighted by atomic mass is 10.1. The number of aromatic nitrogens is 3. The molecule has 0 saturated heterocycles. The van der Waals surface area contributed by atoms with Crippen LogP contribution in [-0.4, -0.2) is 39.3 Å². The van der Waals surface area contributed by atoms with Crippen molar-refractivity contribution in [1.82, 2.24) is 25.0 Å². The number of hydrogen-bond donors (Lipinski definition) is 1. The number of nitrogens with one attached hydrogen (secondary N) is 1. The first-order valence-corrected chi connectivity index (χ1v) is 9.92. The van der Waals surface area contributed by atoms with Gasteiger partial charge < -0.3 is 10.2 Å². The lowest BCUT2D eigenvalue weighted by Gasteiger charge is -2.20. The van der Waals surface area contributed by atoms with Gasteiger partial charge in [-0.2, -0.15) is 5.10 Å². The average molecular weight is 382 g/mol. The number of nitrogens with zero attached hydrogens (tertiary/aromatic N) is 4. The molecule has 27 heavy (non-hydrogen) atoms. The van der Waals surface area contributed by atoms with Gasteiger partial charge in [-0.1, -0.05) is 30.3 Å². The molecule has 7 heteroatoms. The Bertz CT molecular complexity index is 886. The molecule has 1 aliphatic carbocycles. The molecule has 2 aromatic heterocycles. The van der Waals surface area contributed by atoms with E-state index in [0.717, 1.165) is 34.8 Å². The molecular weight excluding hydrogens is 358 g/mol. The van der Waals surface area contributed by atoms with Gasteiger partial charge in [0.2, 0.25) is 0 Å². The first kappa shape index (κ1) is 17.7. The van der Waals surface area contributed by atoms with Gasteiger partial charge in [0.25, 0.3) is 0 Å². The third-order valence-electron chi connectivity index (χ3n) is 4.94. The van der Waals surface area contributed by atoms with Gasteiger partial charge in [-0.25, -0.2) is 9.78 Å². The third kappa shape index (κ3) is 4.36. The van der Waals surface area contributed by atoms with Crippen LogP contribution in [0, 0.1) is 5.41 Å². The molecule has 1 saturated carbocycles. The van der Waals surface area contributed by atoms with Crippen molar-refractivity contribution in [1.29, 1.82) is 0 Å². The van der Waals surface area contributed by atoms with E-state index in [1.54, 1.807) is 22.4 Å². The van der Waals surface area contributed by atoms with Gasteiger partial charge in [0.05, 0.1) is 6.54 Å². The quantitative estimate of drug-likeness (QED) is 0.680. The van der Waals surface area contributed by atoms with Crippen LogP contribution in [0.25, 0.3) is 10.6 Å². The van der Waals surface area contributed by atoms with E-state index in [9.17, 15) is 4.79 Å². The van der Waals surface area contributed by atoms with Crippen molar-refractivity contribution >= 4 is 17.4 Å². The monoisotopic (exact) mass is 381 g/mol. The summed E-state index contributed by atoms with van der Waals surface area (Å²) in [5.41, 5.74) is 1.27. The smallest absolute Gasteiger partial charge is 0.317 e. The van der Waals surface area contributed by atoms with Crippen LogP contribution >= 0.6 is 11.3 Å². The molecule has 1 N–H and O–H groups in total. The van der Waals surface area contributed by atoms with Gasteiger partial charge >= 0.3 is 6.03 Å². The van der Waals surface area contributed by atoms with E-state index < -0.39 is 0 Å². The Hall–Kier alpha value is -2.67. The fraction of sp³-hybridized carbons (Fsp3) is 0.350. The standard InChI is InChI=1S/C20H23N5OS/c1-24(13-17-12-21-18(27-17)16-6-3-2-4-7-16)19(26)22-14-20(8-9-20)15-25-11-5-10-23-25/h2-7,10-12H,8-9,13-15H2,1H3,(H,22,26). The maximum Gasteiger partial charge on any atom is 0.317 e. The highest BCUT2D eigenvalue weighted by Crippen LogP contribution is 2.46. The lowest BCUT2D eigenvalue weighted by molar-refractivity contribution is 0.203. The number of benzene rings is 1. The highest BCUT2D eigenvalue weighted by molar-refractivity contribution is 7.15. The van der Waals surface area contributed by atoms with Gasteiger partial charge in [-0.05, 0) is 18.9 Å². The van der Waals surface area contributed by atoms with Crippen molar-refractivity contribution in [3.8, 4) is 10.6 Å². The minimum atomic E-state index is -0.0450. The summed E-state index contributed by atoms with van der Waals surface area (Å²) < 4.78 is 1.95. The topological polar surface area (TPSA) is 63.1 Å². The Morgan fingerprint density at radius 3 is 2.81 bits per heavy atom. The second-order valence-electron chi connectivity index (χ2n) is 7.22. The second-order valence-corrected chi connectivity index (χ2v) is 8.33. The van der Waals surface area contributed by atoms with Crippen molar-refractivity contribution in [3.63, 3.8) is 0 Å². The predicted molar refractivity (Wildman–Crippen MR) is 106 cm³/mol. The molecule has 0 aliphatic heterocycles. The van der Waals surface area contributed by atoms with Crippen molar-refractivity contribution in [3.05, 3.63) is 59.9 Å². The Kier molecular flexibility index (Phi) is 4.94. The van der Waals surface area contributed by atoms with E-state index >= 15 is 0 Å². The SMILES string of the molecule is CN(Cc1cnc(-c2ccccc2)s1)C(=O)NCC1(Cn2cccn2)CC1. The molecule has 0 atom stereocenters. The van der Waals surface area contributed by atoms with Crippen LogP contribution in [0.15, 0.2) is 55.0 Å². The van der Waals surface area contributed by atoms with Crippen molar-refractivity contribution in [2.45, 2.75) is 25.9 Å². The van der Waals surface area contributed by atoms with Crippen LogP contribution in [0.4, 0.5) is 4.79 Å². The number of amides is 2. The van der Waals surface area contributed by atoms with Crippen LogP contribution < -0.4 is 5.32 Å². The first-order chi connectivity index (χ1) is 13.1. The number of rotatable bonds is 7. The van der Waals surface area contributed by atoms with E-state index in [2.05, 4.69) is 15.4 Å². The zero-order chi connectivity index (χ0) is 18.7. The maximum absolute atomic E-state index is 12.5. The molecule has 0 unspecified atom stereocenters. The molecule has 140 valence electrons. The zero-order valence-corrected chi connectivity index (χ0v) is 16.2. The molecule has 4 rings (SSSR count). The van der Waals surface area contributed by atoms with Gasteiger partial charge in [-0.15, -0.1) is 11.3 Å². The molecule has 3 aromatic rings. The van der Waals surface area contributed by atoms with Gasteiger partial charge in [0, 0.05) is 54.6 Å². The summed E-state index contributed by atoms with van der Waals surface area (Å²) in [6.07, 6.45) is 7.89. The average Bonchev–Trinajstić information content (AvgIpc) is 3.07. The maximum atomic E-state index is 12.5. The number of thiazole rings is 1. The summed E-state index contributed by atoms with van der Waals surface area (Å²) in [5, 5.41) is 8.34. The molecule has 6 nitrogen and oxygen atoms in total. The highest BCUT2D eigenvalue weighted by atomic mass is 32.1. The number of carbonyl (C=O) groups is 1. The molecule has 0 bridgehead atoms. The molecule has 2 heterocycles. The zero-order valence-electron chi connectivity index (χ0n) is 15.3. The fourth-order valence-corrected chi connectivity index (χ4v) is 4.07. The highest BCUT2D eigenvalue weighted by Gasteiger charge is 2.43.